The van der Waals surface area contributed by atoms with E-state index in [0.29, 0.717) is 5.82 Å². The smallest absolute Gasteiger partial charge is 0.193 e. The van der Waals surface area contributed by atoms with E-state index in [2.05, 4.69) is 20.4 Å². The van der Waals surface area contributed by atoms with Crippen LogP contribution in [-0.4, -0.2) is 21.0 Å². The second-order valence-electron chi connectivity index (χ2n) is 4.01. The molecule has 3 N–H and O–H groups in total. The first-order chi connectivity index (χ1) is 9.36. The Hall–Kier alpha value is -2.66. The van der Waals surface area contributed by atoms with Crippen molar-refractivity contribution in [3.8, 4) is 0 Å². The number of nitrogens with zero attached hydrogens (tertiary/aromatic N) is 2. The Kier molecular flexibility index (Phi) is 2.96. The fourth-order valence-corrected chi connectivity index (χ4v) is 1.83. The standard InChI is InChI=1S/C14H12N4O/c19-18-14(15-10-6-2-1-3-7-10)13-16-11-8-4-5-9-12(11)17-13/h1-9,19H,(H,15,18)(H,16,17). The van der Waals surface area contributed by atoms with Crippen molar-refractivity contribution in [3.63, 3.8) is 0 Å². The second kappa shape index (κ2) is 4.91. The van der Waals surface area contributed by atoms with Crippen LogP contribution in [0.5, 0.6) is 0 Å². The number of hydrogen-bond donors (Lipinski definition) is 3. The van der Waals surface area contributed by atoms with Crippen molar-refractivity contribution in [2.75, 3.05) is 0 Å². The highest BCUT2D eigenvalue weighted by atomic mass is 16.5. The minimum atomic E-state index is 0.280. The largest absolute Gasteiger partial charge is 0.335 e. The van der Waals surface area contributed by atoms with Crippen molar-refractivity contribution in [3.05, 3.63) is 60.4 Å². The summed E-state index contributed by atoms with van der Waals surface area (Å²) < 4.78 is 0. The molecule has 0 amide bonds. The Balaban J connectivity index is 2.04. The Labute approximate surface area is 109 Å². The number of para-hydroxylation sites is 3. The number of rotatable bonds is 2. The summed E-state index contributed by atoms with van der Waals surface area (Å²) in [5.74, 6) is 0.773. The number of amidine groups is 1. The van der Waals surface area contributed by atoms with Crippen LogP contribution in [0.4, 0.5) is 5.69 Å². The highest BCUT2D eigenvalue weighted by Crippen LogP contribution is 2.14. The Morgan fingerprint density at radius 3 is 2.53 bits per heavy atom. The number of aromatic amines is 1. The van der Waals surface area contributed by atoms with E-state index >= 15 is 0 Å². The molecule has 5 nitrogen and oxygen atoms in total. The van der Waals surface area contributed by atoms with Crippen molar-refractivity contribution >= 4 is 22.6 Å². The van der Waals surface area contributed by atoms with E-state index in [4.69, 9.17) is 0 Å². The van der Waals surface area contributed by atoms with Crippen LogP contribution >= 0.6 is 0 Å². The van der Waals surface area contributed by atoms with E-state index in [1.165, 1.54) is 0 Å². The first-order valence-electron chi connectivity index (χ1n) is 5.86. The molecule has 3 aromatic rings. The van der Waals surface area contributed by atoms with Crippen molar-refractivity contribution in [1.82, 2.24) is 15.4 Å². The fourth-order valence-electron chi connectivity index (χ4n) is 1.83. The number of imidazole rings is 1. The van der Waals surface area contributed by atoms with Crippen LogP contribution in [0.1, 0.15) is 5.82 Å². The highest BCUT2D eigenvalue weighted by molar-refractivity contribution is 5.98. The molecule has 0 aliphatic rings. The third-order valence-electron chi connectivity index (χ3n) is 2.72. The van der Waals surface area contributed by atoms with Crippen LogP contribution in [0.3, 0.4) is 0 Å². The van der Waals surface area contributed by atoms with Crippen LogP contribution in [0.15, 0.2) is 59.6 Å². The Morgan fingerprint density at radius 1 is 1.05 bits per heavy atom. The van der Waals surface area contributed by atoms with Crippen molar-refractivity contribution in [2.24, 2.45) is 4.99 Å². The summed E-state index contributed by atoms with van der Waals surface area (Å²) in [5.41, 5.74) is 4.54. The monoisotopic (exact) mass is 252 g/mol. The highest BCUT2D eigenvalue weighted by Gasteiger charge is 2.08. The summed E-state index contributed by atoms with van der Waals surface area (Å²) in [6, 6.07) is 17.0. The molecule has 0 spiro atoms. The van der Waals surface area contributed by atoms with Gasteiger partial charge in [0.1, 0.15) is 0 Å². The molecule has 0 atom stereocenters. The van der Waals surface area contributed by atoms with Gasteiger partial charge in [0.15, 0.2) is 11.7 Å². The Morgan fingerprint density at radius 2 is 1.79 bits per heavy atom. The zero-order valence-corrected chi connectivity index (χ0v) is 10.0. The molecule has 3 rings (SSSR count). The van der Waals surface area contributed by atoms with Gasteiger partial charge in [-0.25, -0.2) is 15.5 Å². The number of benzene rings is 2. The summed E-state index contributed by atoms with van der Waals surface area (Å²) in [4.78, 5) is 11.8. The molecule has 0 aliphatic heterocycles. The number of hydroxylamine groups is 1. The van der Waals surface area contributed by atoms with E-state index in [1.54, 1.807) is 0 Å². The fraction of sp³-hybridized carbons (Fsp3) is 0. The van der Waals surface area contributed by atoms with E-state index in [9.17, 15) is 5.21 Å². The molecule has 0 saturated heterocycles. The van der Waals surface area contributed by atoms with Gasteiger partial charge >= 0.3 is 0 Å². The van der Waals surface area contributed by atoms with Crippen molar-refractivity contribution in [2.45, 2.75) is 0 Å². The summed E-state index contributed by atoms with van der Waals surface area (Å²) in [6.07, 6.45) is 0. The minimum Gasteiger partial charge on any atom is -0.335 e. The first-order valence-corrected chi connectivity index (χ1v) is 5.86. The van der Waals surface area contributed by atoms with Gasteiger partial charge in [-0.05, 0) is 24.3 Å². The van der Waals surface area contributed by atoms with Crippen LogP contribution in [0.25, 0.3) is 11.0 Å². The van der Waals surface area contributed by atoms with Crippen LogP contribution in [0.2, 0.25) is 0 Å². The van der Waals surface area contributed by atoms with Gasteiger partial charge in [-0.3, -0.25) is 5.21 Å². The molecule has 2 aromatic carbocycles. The van der Waals surface area contributed by atoms with Crippen LogP contribution < -0.4 is 5.48 Å². The summed E-state index contributed by atoms with van der Waals surface area (Å²) in [6.45, 7) is 0. The van der Waals surface area contributed by atoms with Crippen molar-refractivity contribution < 1.29 is 5.21 Å². The van der Waals surface area contributed by atoms with E-state index in [1.807, 2.05) is 54.6 Å². The molecule has 0 aliphatic carbocycles. The topological polar surface area (TPSA) is 73.3 Å². The molecule has 1 aromatic heterocycles. The lowest BCUT2D eigenvalue weighted by molar-refractivity contribution is 0.234. The SMILES string of the molecule is ONC(=Nc1ccccc1)c1nc2ccccc2[nH]1. The Bertz CT molecular complexity index is 685. The van der Waals surface area contributed by atoms with Gasteiger partial charge in [-0.1, -0.05) is 30.3 Å². The maximum Gasteiger partial charge on any atom is 0.193 e. The minimum absolute atomic E-state index is 0.280. The molecule has 0 radical (unpaired) electrons. The molecule has 1 heterocycles. The third-order valence-corrected chi connectivity index (χ3v) is 2.72. The molecule has 94 valence electrons. The number of aliphatic imine (C=N–C) groups is 1. The van der Waals surface area contributed by atoms with Crippen LogP contribution in [-0.2, 0) is 0 Å². The molecular formula is C14H12N4O. The first kappa shape index (κ1) is 11.4. The van der Waals surface area contributed by atoms with Gasteiger partial charge in [0.05, 0.1) is 16.7 Å². The maximum atomic E-state index is 9.23. The van der Waals surface area contributed by atoms with Gasteiger partial charge < -0.3 is 4.98 Å². The van der Waals surface area contributed by atoms with Gasteiger partial charge in [0.25, 0.3) is 0 Å². The number of hydrogen-bond acceptors (Lipinski definition) is 3. The predicted molar refractivity (Wildman–Crippen MR) is 73.7 cm³/mol. The lowest BCUT2D eigenvalue weighted by Gasteiger charge is -2.00. The molecule has 0 unspecified atom stereocenters. The molecule has 5 heteroatoms. The van der Waals surface area contributed by atoms with Gasteiger partial charge in [-0.2, -0.15) is 0 Å². The number of H-pyrrole nitrogens is 1. The summed E-state index contributed by atoms with van der Waals surface area (Å²) in [5, 5.41) is 9.23. The lowest BCUT2D eigenvalue weighted by atomic mass is 10.3. The maximum absolute atomic E-state index is 9.23. The van der Waals surface area contributed by atoms with E-state index in [0.717, 1.165) is 16.7 Å². The molecule has 0 saturated carbocycles. The van der Waals surface area contributed by atoms with Gasteiger partial charge in [0.2, 0.25) is 0 Å². The number of aromatic nitrogens is 2. The quantitative estimate of drug-likeness (QED) is 0.373. The zero-order valence-electron chi connectivity index (χ0n) is 10.0. The molecule has 0 bridgehead atoms. The summed E-state index contributed by atoms with van der Waals surface area (Å²) >= 11 is 0. The lowest BCUT2D eigenvalue weighted by Crippen LogP contribution is -2.21. The van der Waals surface area contributed by atoms with Gasteiger partial charge in [0, 0.05) is 0 Å². The normalized spacial score (nSPS) is 11.7. The van der Waals surface area contributed by atoms with Crippen LogP contribution in [0, 0.1) is 0 Å². The number of nitrogens with one attached hydrogen (secondary N) is 2. The average molecular weight is 252 g/mol. The number of fused-ring (bicyclic) bond motifs is 1. The van der Waals surface area contributed by atoms with E-state index in [-0.39, 0.29) is 5.84 Å². The summed E-state index contributed by atoms with van der Waals surface area (Å²) in [7, 11) is 0. The second-order valence-corrected chi connectivity index (χ2v) is 4.01. The third kappa shape index (κ3) is 2.31. The van der Waals surface area contributed by atoms with Gasteiger partial charge in [-0.15, -0.1) is 0 Å². The average Bonchev–Trinajstić information content (AvgIpc) is 2.89. The predicted octanol–water partition coefficient (Wildman–Crippen LogP) is 2.62. The molecular weight excluding hydrogens is 240 g/mol. The molecule has 0 fully saturated rings. The zero-order chi connectivity index (χ0) is 13.1. The van der Waals surface area contributed by atoms with E-state index < -0.39 is 0 Å². The van der Waals surface area contributed by atoms with Crippen molar-refractivity contribution in [1.29, 1.82) is 0 Å². The molecule has 19 heavy (non-hydrogen) atoms.